The van der Waals surface area contributed by atoms with Gasteiger partial charge in [-0.1, -0.05) is 25.1 Å². The van der Waals surface area contributed by atoms with Crippen LogP contribution in [0.25, 0.3) is 11.1 Å². The highest BCUT2D eigenvalue weighted by atomic mass is 32.2. The molecule has 2 N–H and O–H groups in total. The molecule has 1 aromatic heterocycles. The molecule has 3 rings (SSSR count). The van der Waals surface area contributed by atoms with Gasteiger partial charge < -0.3 is 10.2 Å². The maximum atomic E-state index is 5.78. The van der Waals surface area contributed by atoms with E-state index in [0.717, 1.165) is 27.9 Å². The number of oxazole rings is 1. The van der Waals surface area contributed by atoms with Crippen molar-refractivity contribution in [3.8, 4) is 0 Å². The van der Waals surface area contributed by atoms with Gasteiger partial charge in [0.1, 0.15) is 5.52 Å². The lowest BCUT2D eigenvalue weighted by Gasteiger charge is -2.26. The Morgan fingerprint density at radius 1 is 1.32 bits per heavy atom. The second-order valence-electron chi connectivity index (χ2n) is 5.38. The summed E-state index contributed by atoms with van der Waals surface area (Å²) in [6.45, 7) is 2.29. The largest absolute Gasteiger partial charge is 0.431 e. The first-order chi connectivity index (χ1) is 9.24. The van der Waals surface area contributed by atoms with Gasteiger partial charge in [-0.3, -0.25) is 0 Å². The van der Waals surface area contributed by atoms with Crippen molar-refractivity contribution in [2.75, 3.05) is 5.73 Å². The number of rotatable bonds is 3. The molecule has 0 unspecified atom stereocenters. The molecule has 0 bridgehead atoms. The minimum Gasteiger partial charge on any atom is -0.431 e. The average Bonchev–Trinajstić information content (AvgIpc) is 2.81. The number of fused-ring (bicyclic) bond motifs is 1. The highest BCUT2D eigenvalue weighted by molar-refractivity contribution is 7.99. The monoisotopic (exact) mass is 276 g/mol. The summed E-state index contributed by atoms with van der Waals surface area (Å²) < 4.78 is 5.78. The summed E-state index contributed by atoms with van der Waals surface area (Å²) in [7, 11) is 0. The van der Waals surface area contributed by atoms with Gasteiger partial charge >= 0.3 is 0 Å². The average molecular weight is 276 g/mol. The summed E-state index contributed by atoms with van der Waals surface area (Å²) in [6.07, 6.45) is 6.58. The third-order valence-corrected chi connectivity index (χ3v) is 5.21. The Bertz CT molecular complexity index is 558. The zero-order valence-corrected chi connectivity index (χ0v) is 12.1. The van der Waals surface area contributed by atoms with Gasteiger partial charge in [-0.25, -0.2) is 4.98 Å². The molecule has 1 aliphatic rings. The quantitative estimate of drug-likeness (QED) is 0.840. The van der Waals surface area contributed by atoms with E-state index in [2.05, 4.69) is 11.9 Å². The van der Waals surface area contributed by atoms with Crippen molar-refractivity contribution in [1.82, 2.24) is 4.98 Å². The first-order valence-corrected chi connectivity index (χ1v) is 7.95. The molecule has 0 amide bonds. The van der Waals surface area contributed by atoms with Crippen LogP contribution in [0.1, 0.15) is 39.0 Å². The SMILES string of the molecule is CCC1CCC(Sc2nc3ccc(N)cc3o2)CC1. The van der Waals surface area contributed by atoms with Gasteiger partial charge in [0.2, 0.25) is 0 Å². The third kappa shape index (κ3) is 2.89. The number of thioether (sulfide) groups is 1. The Morgan fingerprint density at radius 2 is 2.11 bits per heavy atom. The minimum atomic E-state index is 0.660. The summed E-state index contributed by atoms with van der Waals surface area (Å²) >= 11 is 1.79. The van der Waals surface area contributed by atoms with E-state index >= 15 is 0 Å². The minimum absolute atomic E-state index is 0.660. The molecule has 4 heteroatoms. The van der Waals surface area contributed by atoms with Crippen LogP contribution in [-0.4, -0.2) is 10.2 Å². The lowest BCUT2D eigenvalue weighted by atomic mass is 9.87. The number of nitrogens with two attached hydrogens (primary N) is 1. The first kappa shape index (κ1) is 12.9. The number of hydrogen-bond acceptors (Lipinski definition) is 4. The van der Waals surface area contributed by atoms with Gasteiger partial charge in [-0.2, -0.15) is 0 Å². The summed E-state index contributed by atoms with van der Waals surface area (Å²) in [5.41, 5.74) is 8.18. The number of nitrogen functional groups attached to an aromatic ring is 1. The van der Waals surface area contributed by atoms with Crippen molar-refractivity contribution in [3.63, 3.8) is 0 Å². The molecular weight excluding hydrogens is 256 g/mol. The molecule has 19 heavy (non-hydrogen) atoms. The maximum absolute atomic E-state index is 5.78. The third-order valence-electron chi connectivity index (χ3n) is 4.03. The van der Waals surface area contributed by atoms with Crippen molar-refractivity contribution in [3.05, 3.63) is 18.2 Å². The number of benzene rings is 1. The molecule has 0 radical (unpaired) electrons. The maximum Gasteiger partial charge on any atom is 0.257 e. The fraction of sp³-hybridized carbons (Fsp3) is 0.533. The van der Waals surface area contributed by atoms with E-state index in [1.165, 1.54) is 32.1 Å². The van der Waals surface area contributed by atoms with Crippen LogP contribution in [0, 0.1) is 5.92 Å². The van der Waals surface area contributed by atoms with Gasteiger partial charge in [0, 0.05) is 17.0 Å². The van der Waals surface area contributed by atoms with Crippen molar-refractivity contribution in [1.29, 1.82) is 0 Å². The lowest BCUT2D eigenvalue weighted by molar-refractivity contribution is 0.354. The zero-order chi connectivity index (χ0) is 13.2. The Balaban J connectivity index is 1.68. The molecule has 1 aromatic carbocycles. The number of hydrogen-bond donors (Lipinski definition) is 1. The van der Waals surface area contributed by atoms with Crippen LogP contribution in [-0.2, 0) is 0 Å². The predicted octanol–water partition coefficient (Wildman–Crippen LogP) is 4.47. The second kappa shape index (κ2) is 5.45. The Kier molecular flexibility index (Phi) is 3.69. The van der Waals surface area contributed by atoms with Crippen LogP contribution in [0.3, 0.4) is 0 Å². The van der Waals surface area contributed by atoms with Crippen LogP contribution >= 0.6 is 11.8 Å². The molecule has 0 saturated heterocycles. The topological polar surface area (TPSA) is 52.0 Å². The smallest absolute Gasteiger partial charge is 0.257 e. The van der Waals surface area contributed by atoms with Gasteiger partial charge in [0.25, 0.3) is 5.22 Å². The fourth-order valence-electron chi connectivity index (χ4n) is 2.77. The normalized spacial score (nSPS) is 23.8. The highest BCUT2D eigenvalue weighted by Crippen LogP contribution is 2.37. The van der Waals surface area contributed by atoms with Gasteiger partial charge in [0.15, 0.2) is 5.58 Å². The van der Waals surface area contributed by atoms with E-state index in [-0.39, 0.29) is 0 Å². The van der Waals surface area contributed by atoms with Crippen LogP contribution in [0.5, 0.6) is 0 Å². The van der Waals surface area contributed by atoms with Crippen LogP contribution < -0.4 is 5.73 Å². The van der Waals surface area contributed by atoms with E-state index in [0.29, 0.717) is 5.25 Å². The summed E-state index contributed by atoms with van der Waals surface area (Å²) in [6, 6.07) is 5.64. The lowest BCUT2D eigenvalue weighted by Crippen LogP contribution is -2.15. The van der Waals surface area contributed by atoms with Crippen molar-refractivity contribution in [2.24, 2.45) is 5.92 Å². The molecule has 102 valence electrons. The van der Waals surface area contributed by atoms with Gasteiger partial charge in [0.05, 0.1) is 0 Å². The highest BCUT2D eigenvalue weighted by Gasteiger charge is 2.22. The van der Waals surface area contributed by atoms with Gasteiger partial charge in [-0.05, 0) is 43.7 Å². The van der Waals surface area contributed by atoms with E-state index < -0.39 is 0 Å². The molecule has 0 atom stereocenters. The Hall–Kier alpha value is -1.16. The second-order valence-corrected chi connectivity index (χ2v) is 6.63. The molecule has 1 heterocycles. The van der Waals surface area contributed by atoms with E-state index in [9.17, 15) is 0 Å². The number of nitrogens with zero attached hydrogens (tertiary/aromatic N) is 1. The molecule has 2 aromatic rings. The fourth-order valence-corrected chi connectivity index (χ4v) is 3.85. The van der Waals surface area contributed by atoms with E-state index in [1.54, 1.807) is 11.8 Å². The molecular formula is C15H20N2OS. The summed E-state index contributed by atoms with van der Waals surface area (Å²) in [5.74, 6) is 0.931. The standard InChI is InChI=1S/C15H20N2OS/c1-2-10-3-6-12(7-4-10)19-15-17-13-8-5-11(16)9-14(13)18-15/h5,8-10,12H,2-4,6-7,16H2,1H3. The summed E-state index contributed by atoms with van der Waals surface area (Å²) in [5, 5.41) is 1.45. The first-order valence-electron chi connectivity index (χ1n) is 7.07. The predicted molar refractivity (Wildman–Crippen MR) is 80.3 cm³/mol. The Morgan fingerprint density at radius 3 is 2.84 bits per heavy atom. The molecule has 1 saturated carbocycles. The van der Waals surface area contributed by atoms with Crippen molar-refractivity contribution < 1.29 is 4.42 Å². The van der Waals surface area contributed by atoms with Crippen molar-refractivity contribution >= 4 is 28.5 Å². The number of aromatic nitrogens is 1. The van der Waals surface area contributed by atoms with Crippen LogP contribution in [0.2, 0.25) is 0 Å². The zero-order valence-electron chi connectivity index (χ0n) is 11.3. The van der Waals surface area contributed by atoms with Crippen LogP contribution in [0.4, 0.5) is 5.69 Å². The van der Waals surface area contributed by atoms with E-state index in [1.807, 2.05) is 18.2 Å². The van der Waals surface area contributed by atoms with Gasteiger partial charge in [-0.15, -0.1) is 0 Å². The van der Waals surface area contributed by atoms with E-state index in [4.69, 9.17) is 10.2 Å². The molecule has 1 aliphatic carbocycles. The molecule has 0 aliphatic heterocycles. The Labute approximate surface area is 118 Å². The summed E-state index contributed by atoms with van der Waals surface area (Å²) in [4.78, 5) is 4.53. The molecule has 3 nitrogen and oxygen atoms in total. The number of anilines is 1. The van der Waals surface area contributed by atoms with Crippen LogP contribution in [0.15, 0.2) is 27.8 Å². The molecule has 0 spiro atoms. The van der Waals surface area contributed by atoms with Crippen molar-refractivity contribution in [2.45, 2.75) is 49.5 Å². The molecule has 1 fully saturated rings.